The second-order valence-corrected chi connectivity index (χ2v) is 5.89. The largest absolute Gasteiger partial charge is 0.459 e. The summed E-state index contributed by atoms with van der Waals surface area (Å²) < 4.78 is 5.67. The van der Waals surface area contributed by atoms with Crippen molar-refractivity contribution in [3.8, 4) is 0 Å². The SMILES string of the molecule is C=C(C(=O)OC1C[C@H]2CC[C@@H](C1)N2C)c1ccccc1.Cl. The minimum absolute atomic E-state index is 0. The van der Waals surface area contributed by atoms with Gasteiger partial charge < -0.3 is 9.64 Å². The van der Waals surface area contributed by atoms with E-state index < -0.39 is 0 Å². The fourth-order valence-corrected chi connectivity index (χ4v) is 3.44. The molecule has 0 radical (unpaired) electrons. The van der Waals surface area contributed by atoms with Gasteiger partial charge in [-0.2, -0.15) is 0 Å². The molecule has 21 heavy (non-hydrogen) atoms. The lowest BCUT2D eigenvalue weighted by molar-refractivity contribution is -0.145. The molecule has 2 aliphatic heterocycles. The molecule has 3 nitrogen and oxygen atoms in total. The molecule has 2 heterocycles. The number of esters is 1. The van der Waals surface area contributed by atoms with Gasteiger partial charge in [-0.05, 0) is 25.5 Å². The molecular formula is C17H22ClNO2. The Labute approximate surface area is 132 Å². The minimum atomic E-state index is -0.273. The first-order valence-electron chi connectivity index (χ1n) is 7.32. The lowest BCUT2D eigenvalue weighted by Crippen LogP contribution is -2.43. The van der Waals surface area contributed by atoms with Crippen molar-refractivity contribution in [2.45, 2.75) is 43.9 Å². The number of halogens is 1. The molecule has 2 saturated heterocycles. The summed E-state index contributed by atoms with van der Waals surface area (Å²) in [6.07, 6.45) is 4.43. The van der Waals surface area contributed by atoms with Crippen LogP contribution in [-0.2, 0) is 9.53 Å². The highest BCUT2D eigenvalue weighted by Gasteiger charge is 2.39. The van der Waals surface area contributed by atoms with Gasteiger partial charge in [0.05, 0.1) is 5.57 Å². The predicted molar refractivity (Wildman–Crippen MR) is 86.4 cm³/mol. The smallest absolute Gasteiger partial charge is 0.338 e. The van der Waals surface area contributed by atoms with Crippen molar-refractivity contribution < 1.29 is 9.53 Å². The number of carbonyl (C=O) groups is 1. The zero-order valence-electron chi connectivity index (χ0n) is 12.3. The Morgan fingerprint density at radius 3 is 2.33 bits per heavy atom. The Kier molecular flexibility index (Phi) is 5.07. The number of hydrogen-bond donors (Lipinski definition) is 0. The first-order valence-corrected chi connectivity index (χ1v) is 7.32. The van der Waals surface area contributed by atoms with Crippen LogP contribution in [0.2, 0.25) is 0 Å². The molecule has 0 saturated carbocycles. The molecule has 2 aliphatic rings. The number of carbonyl (C=O) groups excluding carboxylic acids is 1. The summed E-state index contributed by atoms with van der Waals surface area (Å²) in [6.45, 7) is 3.87. The van der Waals surface area contributed by atoms with Crippen LogP contribution in [0.25, 0.3) is 5.57 Å². The van der Waals surface area contributed by atoms with E-state index in [2.05, 4.69) is 18.5 Å². The number of rotatable bonds is 3. The lowest BCUT2D eigenvalue weighted by Gasteiger charge is -2.35. The van der Waals surface area contributed by atoms with Crippen molar-refractivity contribution >= 4 is 23.9 Å². The van der Waals surface area contributed by atoms with Gasteiger partial charge in [-0.1, -0.05) is 36.9 Å². The minimum Gasteiger partial charge on any atom is -0.459 e. The Morgan fingerprint density at radius 1 is 1.19 bits per heavy atom. The molecule has 114 valence electrons. The third kappa shape index (κ3) is 3.30. The monoisotopic (exact) mass is 307 g/mol. The van der Waals surface area contributed by atoms with E-state index >= 15 is 0 Å². The first kappa shape index (κ1) is 16.1. The molecule has 1 aromatic rings. The summed E-state index contributed by atoms with van der Waals surface area (Å²) in [4.78, 5) is 14.6. The van der Waals surface area contributed by atoms with Crippen LogP contribution in [0.1, 0.15) is 31.2 Å². The molecule has 3 rings (SSSR count). The molecule has 2 fully saturated rings. The number of benzene rings is 1. The molecule has 4 heteroatoms. The van der Waals surface area contributed by atoms with Crippen LogP contribution < -0.4 is 0 Å². The van der Waals surface area contributed by atoms with E-state index in [0.717, 1.165) is 18.4 Å². The topological polar surface area (TPSA) is 29.5 Å². The quantitative estimate of drug-likeness (QED) is 0.634. The van der Waals surface area contributed by atoms with Crippen LogP contribution in [0.5, 0.6) is 0 Å². The summed E-state index contributed by atoms with van der Waals surface area (Å²) in [5, 5.41) is 0. The van der Waals surface area contributed by atoms with Crippen molar-refractivity contribution in [1.82, 2.24) is 4.90 Å². The van der Waals surface area contributed by atoms with E-state index in [1.54, 1.807) is 0 Å². The van der Waals surface area contributed by atoms with Crippen LogP contribution in [-0.4, -0.2) is 36.1 Å². The van der Waals surface area contributed by atoms with E-state index in [9.17, 15) is 4.79 Å². The third-order valence-electron chi connectivity index (χ3n) is 4.70. The maximum Gasteiger partial charge on any atom is 0.338 e. The maximum absolute atomic E-state index is 12.2. The zero-order chi connectivity index (χ0) is 14.1. The Hall–Kier alpha value is -1.32. The maximum atomic E-state index is 12.2. The van der Waals surface area contributed by atoms with Gasteiger partial charge in [-0.3, -0.25) is 0 Å². The van der Waals surface area contributed by atoms with Crippen LogP contribution >= 0.6 is 12.4 Å². The predicted octanol–water partition coefficient (Wildman–Crippen LogP) is 3.29. The molecule has 0 N–H and O–H groups in total. The zero-order valence-corrected chi connectivity index (χ0v) is 13.1. The van der Waals surface area contributed by atoms with Gasteiger partial charge in [0.25, 0.3) is 0 Å². The summed E-state index contributed by atoms with van der Waals surface area (Å²) >= 11 is 0. The van der Waals surface area contributed by atoms with Crippen LogP contribution in [0.15, 0.2) is 36.9 Å². The van der Waals surface area contributed by atoms with Gasteiger partial charge in [-0.25, -0.2) is 4.79 Å². The highest BCUT2D eigenvalue weighted by atomic mass is 35.5. The molecule has 3 atom stereocenters. The Bertz CT molecular complexity index is 503. The average molecular weight is 308 g/mol. The van der Waals surface area contributed by atoms with E-state index in [1.807, 2.05) is 30.3 Å². The third-order valence-corrected chi connectivity index (χ3v) is 4.70. The van der Waals surface area contributed by atoms with E-state index in [0.29, 0.717) is 17.7 Å². The second kappa shape index (κ2) is 6.63. The van der Waals surface area contributed by atoms with E-state index in [4.69, 9.17) is 4.74 Å². The van der Waals surface area contributed by atoms with Gasteiger partial charge >= 0.3 is 5.97 Å². The molecule has 0 amide bonds. The summed E-state index contributed by atoms with van der Waals surface area (Å²) in [5.41, 5.74) is 1.30. The first-order chi connectivity index (χ1) is 9.65. The Balaban J connectivity index is 0.00000161. The second-order valence-electron chi connectivity index (χ2n) is 5.89. The summed E-state index contributed by atoms with van der Waals surface area (Å²) in [6, 6.07) is 10.7. The molecule has 1 aromatic carbocycles. The normalized spacial score (nSPS) is 27.8. The van der Waals surface area contributed by atoms with Gasteiger partial charge in [0, 0.05) is 24.9 Å². The molecule has 2 bridgehead atoms. The molecule has 1 unspecified atom stereocenters. The van der Waals surface area contributed by atoms with Crippen molar-refractivity contribution in [3.63, 3.8) is 0 Å². The van der Waals surface area contributed by atoms with Gasteiger partial charge in [0.1, 0.15) is 6.10 Å². The molecular weight excluding hydrogens is 286 g/mol. The summed E-state index contributed by atoms with van der Waals surface area (Å²) in [7, 11) is 2.18. The van der Waals surface area contributed by atoms with Crippen LogP contribution in [0.4, 0.5) is 0 Å². The highest BCUT2D eigenvalue weighted by Crippen LogP contribution is 2.35. The van der Waals surface area contributed by atoms with E-state index in [1.165, 1.54) is 12.8 Å². The van der Waals surface area contributed by atoms with Crippen LogP contribution in [0, 0.1) is 0 Å². The molecule has 0 aromatic heterocycles. The average Bonchev–Trinajstić information content (AvgIpc) is 2.69. The highest BCUT2D eigenvalue weighted by molar-refractivity contribution is 6.15. The number of ether oxygens (including phenoxy) is 1. The van der Waals surface area contributed by atoms with Crippen molar-refractivity contribution in [2.75, 3.05) is 7.05 Å². The van der Waals surface area contributed by atoms with Gasteiger partial charge in [0.2, 0.25) is 0 Å². The standard InChI is InChI=1S/C17H21NO2.ClH/c1-12(13-6-4-3-5-7-13)17(19)20-16-10-14-8-9-15(11-16)18(14)2;/h3-7,14-16H,1,8-11H2,2H3;1H/t14-,15+,16?;. The fraction of sp³-hybridized carbons (Fsp3) is 0.471. The number of hydrogen-bond acceptors (Lipinski definition) is 3. The van der Waals surface area contributed by atoms with E-state index in [-0.39, 0.29) is 24.5 Å². The number of piperidine rings is 1. The number of fused-ring (bicyclic) bond motifs is 2. The van der Waals surface area contributed by atoms with Crippen molar-refractivity contribution in [2.24, 2.45) is 0 Å². The summed E-state index contributed by atoms with van der Waals surface area (Å²) in [5.74, 6) is -0.273. The molecule has 0 spiro atoms. The lowest BCUT2D eigenvalue weighted by atomic mass is 10.0. The fourth-order valence-electron chi connectivity index (χ4n) is 3.44. The van der Waals surface area contributed by atoms with Crippen LogP contribution in [0.3, 0.4) is 0 Å². The molecule has 0 aliphatic carbocycles. The van der Waals surface area contributed by atoms with Gasteiger partial charge in [0.15, 0.2) is 0 Å². The number of nitrogens with zero attached hydrogens (tertiary/aromatic N) is 1. The Morgan fingerprint density at radius 2 is 1.76 bits per heavy atom. The van der Waals surface area contributed by atoms with Crippen molar-refractivity contribution in [1.29, 1.82) is 0 Å². The van der Waals surface area contributed by atoms with Crippen molar-refractivity contribution in [3.05, 3.63) is 42.5 Å². The van der Waals surface area contributed by atoms with Gasteiger partial charge in [-0.15, -0.1) is 12.4 Å².